The molecule has 2 rings (SSSR count). The molecule has 2 aromatic heterocycles. The lowest BCUT2D eigenvalue weighted by Crippen LogP contribution is -2.06. The first kappa shape index (κ1) is 24.9. The van der Waals surface area contributed by atoms with Crippen LogP contribution in [0.2, 0.25) is 0 Å². The molecule has 0 aromatic carbocycles. The third-order valence-corrected chi connectivity index (χ3v) is 5.11. The molecule has 29 heavy (non-hydrogen) atoms. The summed E-state index contributed by atoms with van der Waals surface area (Å²) in [5.41, 5.74) is 4.58. The van der Waals surface area contributed by atoms with Gasteiger partial charge in [0.05, 0.1) is 11.3 Å². The molecule has 2 heterocycles. The number of nitrogens with one attached hydrogen (secondary N) is 1. The Morgan fingerprint density at radius 1 is 1.34 bits per heavy atom. The van der Waals surface area contributed by atoms with Crippen LogP contribution in [0, 0.1) is 0 Å². The van der Waals surface area contributed by atoms with Gasteiger partial charge in [0, 0.05) is 22.2 Å². The Morgan fingerprint density at radius 2 is 2.03 bits per heavy atom. The molecule has 0 fully saturated rings. The van der Waals surface area contributed by atoms with E-state index in [2.05, 4.69) is 39.3 Å². The van der Waals surface area contributed by atoms with Crippen molar-refractivity contribution in [2.24, 2.45) is 0 Å². The third-order valence-electron chi connectivity index (χ3n) is 3.97. The standard InChI is InChI=1S/C21H23ClN2OS.C3H8/c1-5-9-14(4)18(12-15(22)6-2)16(7-3)19-13-26-21(24-19)17-10-8-11-23-20(17)25;1-3-2/h6-8,10-13H,2,5,9H2,1,3-4H3,(H,23,25);3H2,1-2H3/b15-12+,16-7+,18-14-;. The molecule has 2 aromatic rings. The molecule has 0 bridgehead atoms. The normalized spacial score (nSPS) is 12.8. The molecule has 0 aliphatic rings. The summed E-state index contributed by atoms with van der Waals surface area (Å²) in [5, 5.41) is 3.27. The van der Waals surface area contributed by atoms with Gasteiger partial charge < -0.3 is 4.98 Å². The van der Waals surface area contributed by atoms with Gasteiger partial charge in [0.15, 0.2) is 0 Å². The van der Waals surface area contributed by atoms with Gasteiger partial charge in [-0.1, -0.05) is 69.5 Å². The Labute approximate surface area is 183 Å². The van der Waals surface area contributed by atoms with E-state index in [1.165, 1.54) is 23.3 Å². The highest BCUT2D eigenvalue weighted by atomic mass is 35.5. The van der Waals surface area contributed by atoms with E-state index in [1.807, 2.05) is 24.5 Å². The molecule has 1 N–H and O–H groups in total. The topological polar surface area (TPSA) is 45.8 Å². The van der Waals surface area contributed by atoms with Gasteiger partial charge in [-0.3, -0.25) is 4.79 Å². The minimum absolute atomic E-state index is 0.136. The van der Waals surface area contributed by atoms with Crippen LogP contribution in [0.5, 0.6) is 0 Å². The van der Waals surface area contributed by atoms with Crippen LogP contribution in [0.3, 0.4) is 0 Å². The van der Waals surface area contributed by atoms with Crippen LogP contribution in [-0.2, 0) is 0 Å². The second-order valence-electron chi connectivity index (χ2n) is 6.54. The summed E-state index contributed by atoms with van der Waals surface area (Å²) in [6, 6.07) is 3.59. The van der Waals surface area contributed by atoms with E-state index in [-0.39, 0.29) is 5.56 Å². The first-order valence-electron chi connectivity index (χ1n) is 9.93. The van der Waals surface area contributed by atoms with Crippen LogP contribution in [0.25, 0.3) is 16.1 Å². The van der Waals surface area contributed by atoms with Crippen molar-refractivity contribution in [3.63, 3.8) is 0 Å². The highest BCUT2D eigenvalue weighted by Gasteiger charge is 2.14. The number of allylic oxidation sites excluding steroid dienone is 7. The van der Waals surface area contributed by atoms with E-state index in [1.54, 1.807) is 24.4 Å². The van der Waals surface area contributed by atoms with E-state index in [0.717, 1.165) is 29.7 Å². The number of thiazole rings is 1. The molecule has 0 radical (unpaired) electrons. The lowest BCUT2D eigenvalue weighted by atomic mass is 9.95. The highest BCUT2D eigenvalue weighted by molar-refractivity contribution is 7.13. The maximum Gasteiger partial charge on any atom is 0.258 e. The van der Waals surface area contributed by atoms with Crippen LogP contribution < -0.4 is 5.56 Å². The monoisotopic (exact) mass is 430 g/mol. The predicted molar refractivity (Wildman–Crippen MR) is 130 cm³/mol. The van der Waals surface area contributed by atoms with Crippen LogP contribution >= 0.6 is 22.9 Å². The van der Waals surface area contributed by atoms with Gasteiger partial charge in [-0.15, -0.1) is 11.3 Å². The first-order chi connectivity index (χ1) is 13.9. The molecule has 0 spiro atoms. The fraction of sp³-hybridized carbons (Fsp3) is 0.333. The molecule has 5 heteroatoms. The van der Waals surface area contributed by atoms with E-state index >= 15 is 0 Å². The van der Waals surface area contributed by atoms with Crippen molar-refractivity contribution in [3.8, 4) is 10.6 Å². The SMILES string of the molecule is C=C\C(Cl)=C/C(=C(\C)CCC)C(=C\C)/c1csc(-c2ccc[nH]c2=O)n1.CCC. The zero-order valence-electron chi connectivity index (χ0n) is 18.0. The Kier molecular flexibility index (Phi) is 11.3. The Hall–Kier alpha value is -2.17. The number of H-pyrrole nitrogens is 1. The van der Waals surface area contributed by atoms with Gasteiger partial charge in [0.2, 0.25) is 0 Å². The quantitative estimate of drug-likeness (QED) is 0.456. The maximum absolute atomic E-state index is 12.0. The Balaban J connectivity index is 0.00000132. The third kappa shape index (κ3) is 7.30. The average Bonchev–Trinajstić information content (AvgIpc) is 3.18. The van der Waals surface area contributed by atoms with Crippen LogP contribution in [0.4, 0.5) is 0 Å². The number of halogens is 1. The van der Waals surface area contributed by atoms with E-state index in [0.29, 0.717) is 15.6 Å². The number of hydrogen-bond donors (Lipinski definition) is 1. The van der Waals surface area contributed by atoms with E-state index in [9.17, 15) is 4.79 Å². The Morgan fingerprint density at radius 3 is 2.59 bits per heavy atom. The highest BCUT2D eigenvalue weighted by Crippen LogP contribution is 2.32. The summed E-state index contributed by atoms with van der Waals surface area (Å²) >= 11 is 7.69. The molecule has 0 atom stereocenters. The summed E-state index contributed by atoms with van der Waals surface area (Å²) < 4.78 is 0. The van der Waals surface area contributed by atoms with Gasteiger partial charge in [0.25, 0.3) is 5.56 Å². The molecule has 156 valence electrons. The zero-order chi connectivity index (χ0) is 21.8. The number of rotatable bonds is 7. The fourth-order valence-corrected chi connectivity index (χ4v) is 3.64. The minimum Gasteiger partial charge on any atom is -0.329 e. The van der Waals surface area contributed by atoms with Gasteiger partial charge in [-0.05, 0) is 44.1 Å². The van der Waals surface area contributed by atoms with Crippen LogP contribution in [0.1, 0.15) is 59.6 Å². The molecule has 0 saturated heterocycles. The largest absolute Gasteiger partial charge is 0.329 e. The smallest absolute Gasteiger partial charge is 0.258 e. The van der Waals surface area contributed by atoms with E-state index < -0.39 is 0 Å². The lowest BCUT2D eigenvalue weighted by Gasteiger charge is -2.11. The number of aromatic nitrogens is 2. The number of nitrogens with zero attached hydrogens (tertiary/aromatic N) is 1. The molecular weight excluding hydrogens is 400 g/mol. The number of aromatic amines is 1. The molecule has 0 amide bonds. The van der Waals surface area contributed by atoms with Gasteiger partial charge in [0.1, 0.15) is 5.01 Å². The molecule has 0 saturated carbocycles. The minimum atomic E-state index is -0.136. The molecular formula is C24H31ClN2OS. The van der Waals surface area contributed by atoms with Gasteiger partial charge in [-0.2, -0.15) is 0 Å². The van der Waals surface area contributed by atoms with Crippen molar-refractivity contribution in [3.05, 3.63) is 80.7 Å². The second-order valence-corrected chi connectivity index (χ2v) is 7.83. The van der Waals surface area contributed by atoms with Crippen LogP contribution in [-0.4, -0.2) is 9.97 Å². The van der Waals surface area contributed by atoms with Crippen molar-refractivity contribution in [1.29, 1.82) is 0 Å². The predicted octanol–water partition coefficient (Wildman–Crippen LogP) is 7.74. The fourth-order valence-electron chi connectivity index (χ4n) is 2.69. The van der Waals surface area contributed by atoms with Gasteiger partial charge in [-0.25, -0.2) is 4.98 Å². The summed E-state index contributed by atoms with van der Waals surface area (Å²) in [4.78, 5) is 19.4. The number of hydrogen-bond acceptors (Lipinski definition) is 3. The summed E-state index contributed by atoms with van der Waals surface area (Å²) in [6.07, 6.45) is 10.5. The summed E-state index contributed by atoms with van der Waals surface area (Å²) in [5.74, 6) is 0. The van der Waals surface area contributed by atoms with Crippen molar-refractivity contribution >= 4 is 28.5 Å². The van der Waals surface area contributed by atoms with Crippen molar-refractivity contribution in [2.45, 2.75) is 53.9 Å². The Bertz CT molecular complexity index is 948. The van der Waals surface area contributed by atoms with E-state index in [4.69, 9.17) is 16.6 Å². The van der Waals surface area contributed by atoms with Crippen molar-refractivity contribution in [1.82, 2.24) is 9.97 Å². The second kappa shape index (κ2) is 13.1. The first-order valence-corrected chi connectivity index (χ1v) is 11.2. The molecule has 3 nitrogen and oxygen atoms in total. The molecule has 0 unspecified atom stereocenters. The van der Waals surface area contributed by atoms with Crippen molar-refractivity contribution in [2.75, 3.05) is 0 Å². The summed E-state index contributed by atoms with van der Waals surface area (Å²) in [6.45, 7) is 14.2. The van der Waals surface area contributed by atoms with Crippen LogP contribution in [0.15, 0.2) is 69.5 Å². The maximum atomic E-state index is 12.0. The van der Waals surface area contributed by atoms with Gasteiger partial charge >= 0.3 is 0 Å². The lowest BCUT2D eigenvalue weighted by molar-refractivity contribution is 0.900. The summed E-state index contributed by atoms with van der Waals surface area (Å²) in [7, 11) is 0. The number of pyridine rings is 1. The molecule has 0 aliphatic heterocycles. The zero-order valence-corrected chi connectivity index (χ0v) is 19.6. The average molecular weight is 431 g/mol. The molecule has 0 aliphatic carbocycles. The van der Waals surface area contributed by atoms with Crippen molar-refractivity contribution < 1.29 is 0 Å².